The van der Waals surface area contributed by atoms with E-state index in [2.05, 4.69) is 9.97 Å². The molecule has 3 rings (SSSR count). The molecule has 6 heteroatoms. The first-order valence-electron chi connectivity index (χ1n) is 6.83. The zero-order chi connectivity index (χ0) is 16.7. The fourth-order valence-corrected chi connectivity index (χ4v) is 2.22. The van der Waals surface area contributed by atoms with E-state index in [0.717, 1.165) is 17.0 Å². The van der Waals surface area contributed by atoms with Crippen molar-refractivity contribution in [1.29, 1.82) is 0 Å². The lowest BCUT2D eigenvalue weighted by Gasteiger charge is -1.96. The van der Waals surface area contributed by atoms with Crippen LogP contribution in [0.1, 0.15) is 5.56 Å². The van der Waals surface area contributed by atoms with Crippen molar-refractivity contribution in [2.24, 2.45) is 0 Å². The monoisotopic (exact) mass is 328 g/mol. The van der Waals surface area contributed by atoms with Gasteiger partial charge in [0, 0.05) is 12.4 Å². The van der Waals surface area contributed by atoms with Crippen molar-refractivity contribution in [2.75, 3.05) is 0 Å². The molecule has 0 fully saturated rings. The maximum absolute atomic E-state index is 10.5. The molecular weight excluding hydrogens is 312 g/mol. The number of aromatic nitrogens is 2. The van der Waals surface area contributed by atoms with Crippen LogP contribution >= 0.6 is 0 Å². The smallest absolute Gasteiger partial charge is 0.282 e. The van der Waals surface area contributed by atoms with Gasteiger partial charge >= 0.3 is 0 Å². The summed E-state index contributed by atoms with van der Waals surface area (Å²) in [7, 11) is -4.02. The van der Waals surface area contributed by atoms with Gasteiger partial charge in [-0.25, -0.2) is 0 Å². The molecule has 1 aromatic carbocycles. The van der Waals surface area contributed by atoms with Crippen molar-refractivity contribution >= 4 is 10.1 Å². The minimum absolute atomic E-state index is 0.0666. The summed E-state index contributed by atoms with van der Waals surface area (Å²) in [6.45, 7) is 1.84. The van der Waals surface area contributed by atoms with Crippen LogP contribution in [0.3, 0.4) is 0 Å². The number of pyridine rings is 2. The summed E-state index contributed by atoms with van der Waals surface area (Å²) in [5.41, 5.74) is 2.79. The average Bonchev–Trinajstić information content (AvgIpc) is 2.57. The lowest BCUT2D eigenvalue weighted by Crippen LogP contribution is -1.96. The molecule has 0 radical (unpaired) electrons. The topological polar surface area (TPSA) is 80.2 Å². The van der Waals surface area contributed by atoms with Gasteiger partial charge in [-0.05, 0) is 43.3 Å². The van der Waals surface area contributed by atoms with Gasteiger partial charge in [0.2, 0.25) is 0 Å². The van der Waals surface area contributed by atoms with Gasteiger partial charge in [0.25, 0.3) is 10.1 Å². The highest BCUT2D eigenvalue weighted by Gasteiger charge is 2.06. The maximum Gasteiger partial charge on any atom is 0.294 e. The van der Waals surface area contributed by atoms with Gasteiger partial charge in [-0.3, -0.25) is 14.5 Å². The third-order valence-corrected chi connectivity index (χ3v) is 3.78. The Balaban J connectivity index is 0.000000168. The Kier molecular flexibility index (Phi) is 5.56. The molecule has 0 saturated heterocycles. The van der Waals surface area contributed by atoms with Crippen molar-refractivity contribution in [2.45, 2.75) is 11.8 Å². The van der Waals surface area contributed by atoms with Crippen molar-refractivity contribution in [3.8, 4) is 11.4 Å². The quantitative estimate of drug-likeness (QED) is 0.729. The predicted octanol–water partition coefficient (Wildman–Crippen LogP) is 3.39. The van der Waals surface area contributed by atoms with Crippen LogP contribution < -0.4 is 0 Å². The molecule has 0 atom stereocenters. The Morgan fingerprint density at radius 3 is 1.61 bits per heavy atom. The molecule has 0 unspecified atom stereocenters. The van der Waals surface area contributed by atoms with Crippen LogP contribution in [0.25, 0.3) is 11.4 Å². The van der Waals surface area contributed by atoms with Gasteiger partial charge in [0.05, 0.1) is 16.3 Å². The highest BCUT2D eigenvalue weighted by molar-refractivity contribution is 7.85. The van der Waals surface area contributed by atoms with E-state index >= 15 is 0 Å². The first-order valence-corrected chi connectivity index (χ1v) is 8.27. The molecule has 0 saturated carbocycles. The van der Waals surface area contributed by atoms with Gasteiger partial charge < -0.3 is 0 Å². The fourth-order valence-electron chi connectivity index (χ4n) is 1.74. The SMILES string of the molecule is Cc1ccc(S(=O)(=O)O)cc1.c1ccc(-c2ccccn2)nc1. The van der Waals surface area contributed by atoms with E-state index in [1.54, 1.807) is 24.5 Å². The van der Waals surface area contributed by atoms with E-state index < -0.39 is 10.1 Å². The van der Waals surface area contributed by atoms with Crippen LogP contribution in [0, 0.1) is 6.92 Å². The van der Waals surface area contributed by atoms with Crippen molar-refractivity contribution in [1.82, 2.24) is 9.97 Å². The number of aryl methyl sites for hydroxylation is 1. The minimum Gasteiger partial charge on any atom is -0.282 e. The van der Waals surface area contributed by atoms with Gasteiger partial charge in [0.1, 0.15) is 0 Å². The molecule has 5 nitrogen and oxygen atoms in total. The highest BCUT2D eigenvalue weighted by Crippen LogP contribution is 2.11. The third-order valence-electron chi connectivity index (χ3n) is 2.91. The summed E-state index contributed by atoms with van der Waals surface area (Å²) in [6.07, 6.45) is 3.54. The van der Waals surface area contributed by atoms with E-state index in [-0.39, 0.29) is 4.90 Å². The van der Waals surface area contributed by atoms with Crippen molar-refractivity contribution in [3.63, 3.8) is 0 Å². The van der Waals surface area contributed by atoms with Crippen molar-refractivity contribution in [3.05, 3.63) is 78.6 Å². The zero-order valence-corrected chi connectivity index (χ0v) is 13.3. The molecule has 0 aliphatic heterocycles. The van der Waals surface area contributed by atoms with Gasteiger partial charge in [-0.1, -0.05) is 29.8 Å². The summed E-state index contributed by atoms with van der Waals surface area (Å²) >= 11 is 0. The molecule has 2 heterocycles. The van der Waals surface area contributed by atoms with Gasteiger partial charge in [-0.15, -0.1) is 0 Å². The highest BCUT2D eigenvalue weighted by atomic mass is 32.2. The van der Waals surface area contributed by atoms with Crippen LogP contribution in [0.2, 0.25) is 0 Å². The summed E-state index contributed by atoms with van der Waals surface area (Å²) in [5, 5.41) is 0. The lowest BCUT2D eigenvalue weighted by atomic mass is 10.2. The van der Waals surface area contributed by atoms with Crippen LogP contribution in [0.15, 0.2) is 78.0 Å². The molecule has 2 aromatic heterocycles. The molecule has 23 heavy (non-hydrogen) atoms. The normalized spacial score (nSPS) is 10.5. The molecule has 0 bridgehead atoms. The summed E-state index contributed by atoms with van der Waals surface area (Å²) < 4.78 is 29.6. The molecule has 1 N–H and O–H groups in total. The molecule has 0 aliphatic carbocycles. The van der Waals surface area contributed by atoms with E-state index in [1.807, 2.05) is 43.3 Å². The average molecular weight is 328 g/mol. The molecular formula is C17H16N2O3S. The van der Waals surface area contributed by atoms with Crippen LogP contribution in [-0.2, 0) is 10.1 Å². The second kappa shape index (κ2) is 7.62. The van der Waals surface area contributed by atoms with E-state index in [9.17, 15) is 8.42 Å². The second-order valence-corrected chi connectivity index (χ2v) is 6.14. The Morgan fingerprint density at radius 1 is 0.783 bits per heavy atom. The largest absolute Gasteiger partial charge is 0.294 e. The maximum atomic E-state index is 10.5. The van der Waals surface area contributed by atoms with Gasteiger partial charge in [0.15, 0.2) is 0 Å². The van der Waals surface area contributed by atoms with Gasteiger partial charge in [-0.2, -0.15) is 8.42 Å². The molecule has 118 valence electrons. The third kappa shape index (κ3) is 5.28. The number of nitrogens with zero attached hydrogens (tertiary/aromatic N) is 2. The molecule has 0 aliphatic rings. The molecule has 0 amide bonds. The summed E-state index contributed by atoms with van der Waals surface area (Å²) in [5.74, 6) is 0. The standard InChI is InChI=1S/C10H8N2.C7H8O3S/c1-3-7-11-9(5-1)10-6-2-4-8-12-10;1-6-2-4-7(5-3-6)11(8,9)10/h1-8H;2-5H,1H3,(H,8,9,10). The van der Waals surface area contributed by atoms with Crippen molar-refractivity contribution < 1.29 is 13.0 Å². The lowest BCUT2D eigenvalue weighted by molar-refractivity contribution is 0.483. The number of hydrogen-bond acceptors (Lipinski definition) is 4. The first kappa shape index (κ1) is 16.8. The molecule has 0 spiro atoms. The zero-order valence-electron chi connectivity index (χ0n) is 12.5. The molecule has 3 aromatic rings. The van der Waals surface area contributed by atoms with E-state index in [1.165, 1.54) is 12.1 Å². The summed E-state index contributed by atoms with van der Waals surface area (Å²) in [4.78, 5) is 8.31. The minimum atomic E-state index is -4.02. The number of rotatable bonds is 2. The number of hydrogen-bond donors (Lipinski definition) is 1. The van der Waals surface area contributed by atoms with Crippen LogP contribution in [0.5, 0.6) is 0 Å². The number of benzene rings is 1. The Labute approximate surface area is 135 Å². The second-order valence-electron chi connectivity index (χ2n) is 4.72. The predicted molar refractivity (Wildman–Crippen MR) is 88.5 cm³/mol. The Hall–Kier alpha value is -2.57. The van der Waals surface area contributed by atoms with Crippen LogP contribution in [-0.4, -0.2) is 22.9 Å². The van der Waals surface area contributed by atoms with E-state index in [0.29, 0.717) is 0 Å². The first-order chi connectivity index (χ1) is 11.0. The summed E-state index contributed by atoms with van der Waals surface area (Å²) in [6, 6.07) is 17.6. The van der Waals surface area contributed by atoms with Crippen LogP contribution in [0.4, 0.5) is 0 Å². The Morgan fingerprint density at radius 2 is 1.26 bits per heavy atom. The van der Waals surface area contributed by atoms with E-state index in [4.69, 9.17) is 4.55 Å². The fraction of sp³-hybridized carbons (Fsp3) is 0.0588. The Bertz CT molecular complexity index is 797.